The van der Waals surface area contributed by atoms with E-state index in [4.69, 9.17) is 0 Å². The molecule has 0 spiro atoms. The van der Waals surface area contributed by atoms with Gasteiger partial charge in [-0.15, -0.1) is 0 Å². The van der Waals surface area contributed by atoms with Crippen LogP contribution >= 0.6 is 15.9 Å². The Kier molecular flexibility index (Phi) is 5.53. The molecule has 0 bridgehead atoms. The minimum Gasteiger partial charge on any atom is -0.388 e. The van der Waals surface area contributed by atoms with Gasteiger partial charge in [-0.1, -0.05) is 26.0 Å². The maximum atomic E-state index is 13.5. The Balaban J connectivity index is 2.13. The molecule has 0 aliphatic rings. The lowest BCUT2D eigenvalue weighted by atomic mass is 10.1. The molecular weight excluding hydrogens is 335 g/mol. The second-order valence-corrected chi connectivity index (χ2v) is 5.91. The van der Waals surface area contributed by atoms with Gasteiger partial charge in [0.05, 0.1) is 22.3 Å². The van der Waals surface area contributed by atoms with E-state index >= 15 is 0 Å². The van der Waals surface area contributed by atoms with Gasteiger partial charge in [0.1, 0.15) is 5.82 Å². The molecule has 0 saturated heterocycles. The van der Waals surface area contributed by atoms with Crippen LogP contribution in [0.15, 0.2) is 34.9 Å². The van der Waals surface area contributed by atoms with Crippen molar-refractivity contribution in [2.45, 2.75) is 45.3 Å². The summed E-state index contributed by atoms with van der Waals surface area (Å²) in [6.45, 7) is 4.27. The first kappa shape index (κ1) is 16.2. The first-order valence-electron chi connectivity index (χ1n) is 7.22. The molecule has 0 aliphatic heterocycles. The molecule has 3 nitrogen and oxygen atoms in total. The monoisotopic (exact) mass is 354 g/mol. The largest absolute Gasteiger partial charge is 0.388 e. The lowest BCUT2D eigenvalue weighted by Crippen LogP contribution is -2.09. The summed E-state index contributed by atoms with van der Waals surface area (Å²) in [5.41, 5.74) is 1.36. The van der Waals surface area contributed by atoms with Crippen LogP contribution in [-0.4, -0.2) is 14.9 Å². The van der Waals surface area contributed by atoms with Gasteiger partial charge in [0, 0.05) is 12.6 Å². The maximum absolute atomic E-state index is 13.5. The molecule has 1 atom stereocenters. The minimum absolute atomic E-state index is 0.317. The van der Waals surface area contributed by atoms with Gasteiger partial charge in [0.15, 0.2) is 0 Å². The quantitative estimate of drug-likeness (QED) is 0.833. The third-order valence-electron chi connectivity index (χ3n) is 3.72. The molecule has 2 rings (SSSR count). The summed E-state index contributed by atoms with van der Waals surface area (Å²) >= 11 is 3.18. The molecule has 0 aliphatic carbocycles. The molecule has 1 heterocycles. The van der Waals surface area contributed by atoms with Crippen LogP contribution in [0.3, 0.4) is 0 Å². The zero-order valence-corrected chi connectivity index (χ0v) is 13.8. The number of halogens is 2. The summed E-state index contributed by atoms with van der Waals surface area (Å²) in [5, 5.41) is 14.8. The van der Waals surface area contributed by atoms with Crippen molar-refractivity contribution in [3.63, 3.8) is 0 Å². The topological polar surface area (TPSA) is 38.0 Å². The standard InChI is InChI=1S/C16H20BrFN2O/c1-3-12(4-2)20-9-8-11(19-20)10-15(21)13-6-5-7-14(18)16(13)17/h5-9,12,15,21H,3-4,10H2,1-2H3. The second kappa shape index (κ2) is 7.18. The lowest BCUT2D eigenvalue weighted by molar-refractivity contribution is 0.175. The fraction of sp³-hybridized carbons (Fsp3) is 0.438. The van der Waals surface area contributed by atoms with Crippen molar-refractivity contribution in [3.8, 4) is 0 Å². The number of hydrogen-bond acceptors (Lipinski definition) is 2. The van der Waals surface area contributed by atoms with E-state index in [1.807, 2.05) is 16.9 Å². The summed E-state index contributed by atoms with van der Waals surface area (Å²) < 4.78 is 15.8. The van der Waals surface area contributed by atoms with E-state index in [1.165, 1.54) is 6.07 Å². The fourth-order valence-electron chi connectivity index (χ4n) is 2.44. The summed E-state index contributed by atoms with van der Waals surface area (Å²) in [4.78, 5) is 0. The molecule has 114 valence electrons. The third kappa shape index (κ3) is 3.71. The third-order valence-corrected chi connectivity index (χ3v) is 4.56. The highest BCUT2D eigenvalue weighted by molar-refractivity contribution is 9.10. The number of aromatic nitrogens is 2. The zero-order chi connectivity index (χ0) is 15.4. The molecule has 5 heteroatoms. The fourth-order valence-corrected chi connectivity index (χ4v) is 2.97. The van der Waals surface area contributed by atoms with Gasteiger partial charge in [-0.05, 0) is 46.5 Å². The molecule has 1 aromatic heterocycles. The molecule has 0 radical (unpaired) electrons. The maximum Gasteiger partial charge on any atom is 0.137 e. The molecule has 1 unspecified atom stereocenters. The Hall–Kier alpha value is -1.20. The second-order valence-electron chi connectivity index (χ2n) is 5.12. The van der Waals surface area contributed by atoms with Gasteiger partial charge in [0.25, 0.3) is 0 Å². The Morgan fingerprint density at radius 3 is 2.67 bits per heavy atom. The highest BCUT2D eigenvalue weighted by atomic mass is 79.9. The molecule has 0 saturated carbocycles. The van der Waals surface area contributed by atoms with Crippen molar-refractivity contribution in [1.82, 2.24) is 9.78 Å². The number of nitrogens with zero attached hydrogens (tertiary/aromatic N) is 2. The smallest absolute Gasteiger partial charge is 0.137 e. The van der Waals surface area contributed by atoms with Gasteiger partial charge < -0.3 is 5.11 Å². The number of benzene rings is 1. The van der Waals surface area contributed by atoms with Crippen LogP contribution in [0.1, 0.15) is 50.1 Å². The Bertz CT molecular complexity index is 596. The van der Waals surface area contributed by atoms with E-state index < -0.39 is 6.10 Å². The van der Waals surface area contributed by atoms with Gasteiger partial charge in [-0.2, -0.15) is 5.10 Å². The van der Waals surface area contributed by atoms with Crippen LogP contribution < -0.4 is 0 Å². The Morgan fingerprint density at radius 2 is 2.00 bits per heavy atom. The number of aliphatic hydroxyl groups excluding tert-OH is 1. The molecule has 1 N–H and O–H groups in total. The Morgan fingerprint density at radius 1 is 1.29 bits per heavy atom. The summed E-state index contributed by atoms with van der Waals surface area (Å²) in [6, 6.07) is 6.98. The van der Waals surface area contributed by atoms with Crippen molar-refractivity contribution < 1.29 is 9.50 Å². The molecule has 1 aromatic carbocycles. The molecule has 2 aromatic rings. The van der Waals surface area contributed by atoms with Gasteiger partial charge in [0.2, 0.25) is 0 Å². The van der Waals surface area contributed by atoms with E-state index in [0.717, 1.165) is 18.5 Å². The normalized spacial score (nSPS) is 12.9. The van der Waals surface area contributed by atoms with Crippen LogP contribution in [0, 0.1) is 5.82 Å². The SMILES string of the molecule is CCC(CC)n1ccc(CC(O)c2cccc(F)c2Br)n1. The predicted molar refractivity (Wildman–Crippen MR) is 84.6 cm³/mol. The predicted octanol–water partition coefficient (Wildman–Crippen LogP) is 4.42. The summed E-state index contributed by atoms with van der Waals surface area (Å²) in [5.74, 6) is -0.367. The number of aliphatic hydroxyl groups is 1. The number of hydrogen-bond donors (Lipinski definition) is 1. The highest BCUT2D eigenvalue weighted by Gasteiger charge is 2.16. The summed E-state index contributed by atoms with van der Waals surface area (Å²) in [7, 11) is 0. The number of rotatable bonds is 6. The zero-order valence-electron chi connectivity index (χ0n) is 12.3. The van der Waals surface area contributed by atoms with Crippen molar-refractivity contribution in [3.05, 3.63) is 52.0 Å². The van der Waals surface area contributed by atoms with Crippen molar-refractivity contribution >= 4 is 15.9 Å². The highest BCUT2D eigenvalue weighted by Crippen LogP contribution is 2.28. The van der Waals surface area contributed by atoms with Crippen LogP contribution in [0.4, 0.5) is 4.39 Å². The van der Waals surface area contributed by atoms with Crippen molar-refractivity contribution in [2.75, 3.05) is 0 Å². The average molecular weight is 355 g/mol. The first-order chi connectivity index (χ1) is 10.1. The van der Waals surface area contributed by atoms with E-state index in [2.05, 4.69) is 34.9 Å². The Labute approximate surface area is 132 Å². The van der Waals surface area contributed by atoms with Crippen molar-refractivity contribution in [1.29, 1.82) is 0 Å². The molecule has 0 fully saturated rings. The van der Waals surface area contributed by atoms with Crippen LogP contribution in [0.25, 0.3) is 0 Å². The van der Waals surface area contributed by atoms with E-state index in [-0.39, 0.29) is 5.82 Å². The minimum atomic E-state index is -0.778. The van der Waals surface area contributed by atoms with Crippen LogP contribution in [0.5, 0.6) is 0 Å². The molecule has 0 amide bonds. The van der Waals surface area contributed by atoms with Gasteiger partial charge in [-0.3, -0.25) is 4.68 Å². The van der Waals surface area contributed by atoms with Crippen LogP contribution in [-0.2, 0) is 6.42 Å². The average Bonchev–Trinajstić information content (AvgIpc) is 2.91. The van der Waals surface area contributed by atoms with Crippen LogP contribution in [0.2, 0.25) is 0 Å². The van der Waals surface area contributed by atoms with Gasteiger partial charge >= 0.3 is 0 Å². The molecular formula is C16H20BrFN2O. The molecule has 21 heavy (non-hydrogen) atoms. The van der Waals surface area contributed by atoms with E-state index in [0.29, 0.717) is 22.5 Å². The lowest BCUT2D eigenvalue weighted by Gasteiger charge is -2.14. The van der Waals surface area contributed by atoms with Gasteiger partial charge in [-0.25, -0.2) is 4.39 Å². The van der Waals surface area contributed by atoms with E-state index in [1.54, 1.807) is 12.1 Å². The van der Waals surface area contributed by atoms with E-state index in [9.17, 15) is 9.50 Å². The first-order valence-corrected chi connectivity index (χ1v) is 8.02. The summed E-state index contributed by atoms with van der Waals surface area (Å²) in [6.07, 6.45) is 3.58. The van der Waals surface area contributed by atoms with Crippen molar-refractivity contribution in [2.24, 2.45) is 0 Å².